The summed E-state index contributed by atoms with van der Waals surface area (Å²) in [6, 6.07) is 8.93. The quantitative estimate of drug-likeness (QED) is 0.860. The van der Waals surface area contributed by atoms with Crippen LogP contribution in [0.25, 0.3) is 0 Å². The van der Waals surface area contributed by atoms with Crippen molar-refractivity contribution in [3.63, 3.8) is 0 Å². The van der Waals surface area contributed by atoms with Crippen LogP contribution in [0.5, 0.6) is 5.75 Å². The number of furan rings is 1. The molecule has 0 spiro atoms. The fraction of sp³-hybridized carbons (Fsp3) is 0.154. The monoisotopic (exact) mass is 232 g/mol. The van der Waals surface area contributed by atoms with Gasteiger partial charge in [-0.2, -0.15) is 0 Å². The highest BCUT2D eigenvalue weighted by molar-refractivity contribution is 5.71. The Kier molecular flexibility index (Phi) is 3.45. The van der Waals surface area contributed by atoms with Crippen molar-refractivity contribution in [2.45, 2.75) is 13.0 Å². The van der Waals surface area contributed by atoms with Crippen LogP contribution in [-0.4, -0.2) is 11.1 Å². The molecule has 4 heteroatoms. The molecule has 1 aromatic carbocycles. The highest BCUT2D eigenvalue weighted by Gasteiger charge is 2.07. The van der Waals surface area contributed by atoms with Gasteiger partial charge in [-0.3, -0.25) is 4.79 Å². The van der Waals surface area contributed by atoms with Gasteiger partial charge in [-0.15, -0.1) is 0 Å². The molecule has 2 aromatic rings. The van der Waals surface area contributed by atoms with Gasteiger partial charge in [-0.05, 0) is 12.1 Å². The topological polar surface area (TPSA) is 59.7 Å². The van der Waals surface area contributed by atoms with Crippen molar-refractivity contribution < 1.29 is 19.1 Å². The number of para-hydroxylation sites is 1. The molecule has 0 saturated carbocycles. The highest BCUT2D eigenvalue weighted by Crippen LogP contribution is 2.20. The summed E-state index contributed by atoms with van der Waals surface area (Å²) in [7, 11) is 0. The second-order valence-corrected chi connectivity index (χ2v) is 3.60. The van der Waals surface area contributed by atoms with Gasteiger partial charge in [0, 0.05) is 11.1 Å². The third kappa shape index (κ3) is 3.11. The van der Waals surface area contributed by atoms with Crippen LogP contribution in [0.2, 0.25) is 0 Å². The lowest BCUT2D eigenvalue weighted by molar-refractivity contribution is -0.136. The largest absolute Gasteiger partial charge is 0.488 e. The first kappa shape index (κ1) is 11.3. The Balaban J connectivity index is 2.06. The molecule has 0 radical (unpaired) electrons. The molecule has 1 N–H and O–H groups in total. The summed E-state index contributed by atoms with van der Waals surface area (Å²) in [4.78, 5) is 10.7. The molecular weight excluding hydrogens is 220 g/mol. The van der Waals surface area contributed by atoms with Gasteiger partial charge < -0.3 is 14.3 Å². The molecule has 0 fully saturated rings. The predicted molar refractivity (Wildman–Crippen MR) is 60.8 cm³/mol. The average Bonchev–Trinajstić information content (AvgIpc) is 2.80. The number of benzene rings is 1. The Morgan fingerprint density at radius 1 is 1.29 bits per heavy atom. The minimum absolute atomic E-state index is 0.0401. The zero-order chi connectivity index (χ0) is 12.1. The number of carbonyl (C=O) groups is 1. The molecule has 0 aliphatic heterocycles. The second kappa shape index (κ2) is 5.21. The molecule has 1 aromatic heterocycles. The Morgan fingerprint density at radius 2 is 2.12 bits per heavy atom. The first-order valence-electron chi connectivity index (χ1n) is 5.19. The summed E-state index contributed by atoms with van der Waals surface area (Å²) in [6.45, 7) is 0.368. The lowest BCUT2D eigenvalue weighted by atomic mass is 10.1. The first-order chi connectivity index (χ1) is 8.25. The Hall–Kier alpha value is -2.23. The molecule has 88 valence electrons. The lowest BCUT2D eigenvalue weighted by Crippen LogP contribution is -2.03. The molecule has 0 atom stereocenters. The molecule has 2 rings (SSSR count). The molecule has 0 unspecified atom stereocenters. The van der Waals surface area contributed by atoms with E-state index in [0.29, 0.717) is 17.9 Å². The zero-order valence-corrected chi connectivity index (χ0v) is 9.13. The van der Waals surface area contributed by atoms with Crippen molar-refractivity contribution in [3.05, 3.63) is 54.0 Å². The molecule has 0 saturated heterocycles. The van der Waals surface area contributed by atoms with Crippen molar-refractivity contribution in [1.29, 1.82) is 0 Å². The summed E-state index contributed by atoms with van der Waals surface area (Å²) in [6.07, 6.45) is 3.13. The van der Waals surface area contributed by atoms with E-state index in [1.807, 2.05) is 6.07 Å². The van der Waals surface area contributed by atoms with Crippen LogP contribution >= 0.6 is 0 Å². The van der Waals surface area contributed by atoms with Gasteiger partial charge in [0.05, 0.1) is 18.9 Å². The number of ether oxygens (including phenoxy) is 1. The van der Waals surface area contributed by atoms with Gasteiger partial charge >= 0.3 is 5.97 Å². The van der Waals surface area contributed by atoms with E-state index in [-0.39, 0.29) is 6.42 Å². The molecule has 1 heterocycles. The first-order valence-corrected chi connectivity index (χ1v) is 5.19. The van der Waals surface area contributed by atoms with Crippen LogP contribution in [0.15, 0.2) is 47.3 Å². The maximum absolute atomic E-state index is 10.7. The van der Waals surface area contributed by atoms with E-state index in [1.54, 1.807) is 36.8 Å². The summed E-state index contributed by atoms with van der Waals surface area (Å²) in [5, 5.41) is 8.77. The third-order valence-electron chi connectivity index (χ3n) is 2.29. The van der Waals surface area contributed by atoms with Gasteiger partial charge in [0.1, 0.15) is 12.4 Å². The molecule has 0 aliphatic carbocycles. The van der Waals surface area contributed by atoms with Gasteiger partial charge in [-0.1, -0.05) is 18.2 Å². The predicted octanol–water partition coefficient (Wildman–Crippen LogP) is 2.49. The van der Waals surface area contributed by atoms with E-state index in [2.05, 4.69) is 0 Å². The Bertz CT molecular complexity index is 488. The van der Waals surface area contributed by atoms with Crippen LogP contribution in [0.4, 0.5) is 0 Å². The van der Waals surface area contributed by atoms with Crippen LogP contribution in [0, 0.1) is 0 Å². The number of rotatable bonds is 5. The minimum Gasteiger partial charge on any atom is -0.488 e. The molecule has 4 nitrogen and oxygen atoms in total. The standard InChI is InChI=1S/C13H12O4/c14-13(15)7-11-3-1-2-4-12(11)17-9-10-5-6-16-8-10/h1-6,8H,7,9H2,(H,14,15). The third-order valence-corrected chi connectivity index (χ3v) is 2.29. The maximum Gasteiger partial charge on any atom is 0.307 e. The van der Waals surface area contributed by atoms with Gasteiger partial charge in [0.15, 0.2) is 0 Å². The number of aliphatic carboxylic acids is 1. The van der Waals surface area contributed by atoms with Crippen LogP contribution in [-0.2, 0) is 17.8 Å². The molecule has 0 aliphatic rings. The molecular formula is C13H12O4. The van der Waals surface area contributed by atoms with Crippen molar-refractivity contribution in [3.8, 4) is 5.75 Å². The minimum atomic E-state index is -0.871. The normalized spacial score (nSPS) is 10.1. The number of carboxylic acids is 1. The molecule has 0 bridgehead atoms. The zero-order valence-electron chi connectivity index (χ0n) is 9.13. The summed E-state index contributed by atoms with van der Waals surface area (Å²) in [5.41, 5.74) is 1.58. The van der Waals surface area contributed by atoms with E-state index in [0.717, 1.165) is 5.56 Å². The Morgan fingerprint density at radius 3 is 2.82 bits per heavy atom. The van der Waals surface area contributed by atoms with E-state index in [1.165, 1.54) is 0 Å². The number of carboxylic acid groups (broad SMARTS) is 1. The van der Waals surface area contributed by atoms with Crippen molar-refractivity contribution in [1.82, 2.24) is 0 Å². The van der Waals surface area contributed by atoms with E-state index in [4.69, 9.17) is 14.3 Å². The average molecular weight is 232 g/mol. The highest BCUT2D eigenvalue weighted by atomic mass is 16.5. The summed E-state index contributed by atoms with van der Waals surface area (Å²) >= 11 is 0. The van der Waals surface area contributed by atoms with Crippen LogP contribution in [0.1, 0.15) is 11.1 Å². The lowest BCUT2D eigenvalue weighted by Gasteiger charge is -2.08. The Labute approximate surface area is 98.4 Å². The van der Waals surface area contributed by atoms with E-state index < -0.39 is 5.97 Å². The SMILES string of the molecule is O=C(O)Cc1ccccc1OCc1ccoc1. The maximum atomic E-state index is 10.7. The summed E-state index contributed by atoms with van der Waals surface area (Å²) < 4.78 is 10.5. The van der Waals surface area contributed by atoms with Gasteiger partial charge in [0.2, 0.25) is 0 Å². The van der Waals surface area contributed by atoms with Crippen molar-refractivity contribution in [2.75, 3.05) is 0 Å². The van der Waals surface area contributed by atoms with Crippen molar-refractivity contribution >= 4 is 5.97 Å². The van der Waals surface area contributed by atoms with E-state index in [9.17, 15) is 4.79 Å². The van der Waals surface area contributed by atoms with Crippen molar-refractivity contribution in [2.24, 2.45) is 0 Å². The van der Waals surface area contributed by atoms with Gasteiger partial charge in [-0.25, -0.2) is 0 Å². The fourth-order valence-electron chi connectivity index (χ4n) is 1.49. The second-order valence-electron chi connectivity index (χ2n) is 3.60. The number of hydrogen-bond acceptors (Lipinski definition) is 3. The summed E-state index contributed by atoms with van der Waals surface area (Å²) in [5.74, 6) is -0.277. The van der Waals surface area contributed by atoms with Gasteiger partial charge in [0.25, 0.3) is 0 Å². The van der Waals surface area contributed by atoms with Crippen LogP contribution < -0.4 is 4.74 Å². The number of hydrogen-bond donors (Lipinski definition) is 1. The molecule has 0 amide bonds. The molecule has 17 heavy (non-hydrogen) atoms. The van der Waals surface area contributed by atoms with E-state index >= 15 is 0 Å². The van der Waals surface area contributed by atoms with Crippen LogP contribution in [0.3, 0.4) is 0 Å². The smallest absolute Gasteiger partial charge is 0.307 e. The fourth-order valence-corrected chi connectivity index (χ4v) is 1.49.